The van der Waals surface area contributed by atoms with Crippen molar-refractivity contribution in [3.63, 3.8) is 0 Å². The van der Waals surface area contributed by atoms with Crippen molar-refractivity contribution in [1.82, 2.24) is 10.2 Å². The summed E-state index contributed by atoms with van der Waals surface area (Å²) in [4.78, 5) is 11.3. The van der Waals surface area contributed by atoms with E-state index in [0.717, 1.165) is 14.5 Å². The van der Waals surface area contributed by atoms with E-state index in [9.17, 15) is 4.79 Å². The fourth-order valence-electron chi connectivity index (χ4n) is 1.27. The second kappa shape index (κ2) is 3.56. The summed E-state index contributed by atoms with van der Waals surface area (Å²) in [5.41, 5.74) is 1.19. The van der Waals surface area contributed by atoms with Crippen LogP contribution < -0.4 is 0 Å². The van der Waals surface area contributed by atoms with Crippen molar-refractivity contribution < 1.29 is 9.53 Å². The number of fused-ring (bicyclic) bond motifs is 1. The summed E-state index contributed by atoms with van der Waals surface area (Å²) in [6.07, 6.45) is 0. The summed E-state index contributed by atoms with van der Waals surface area (Å²) in [5, 5.41) is 7.53. The van der Waals surface area contributed by atoms with E-state index in [1.165, 1.54) is 7.11 Å². The summed E-state index contributed by atoms with van der Waals surface area (Å²) in [5.74, 6) is -0.416. The van der Waals surface area contributed by atoms with Crippen molar-refractivity contribution in [2.24, 2.45) is 0 Å². The zero-order valence-corrected chi connectivity index (χ0v) is 9.53. The normalized spacial score (nSPS) is 10.4. The number of aromatic nitrogens is 2. The Balaban J connectivity index is 2.73. The van der Waals surface area contributed by atoms with Crippen LogP contribution in [0, 0.1) is 3.57 Å². The van der Waals surface area contributed by atoms with Gasteiger partial charge in [-0.1, -0.05) is 6.07 Å². The molecule has 4 nitrogen and oxygen atoms in total. The molecule has 0 aliphatic carbocycles. The van der Waals surface area contributed by atoms with Gasteiger partial charge in [-0.15, -0.1) is 0 Å². The number of hydrogen-bond donors (Lipinski definition) is 1. The predicted molar refractivity (Wildman–Crippen MR) is 60.2 cm³/mol. The topological polar surface area (TPSA) is 55.0 Å². The molecule has 1 aromatic heterocycles. The summed E-state index contributed by atoms with van der Waals surface area (Å²) in [7, 11) is 1.35. The number of ether oxygens (including phenoxy) is 1. The number of methoxy groups -OCH3 is 1. The Bertz CT molecular complexity index is 493. The molecule has 14 heavy (non-hydrogen) atoms. The van der Waals surface area contributed by atoms with Crippen molar-refractivity contribution in [3.8, 4) is 0 Å². The molecule has 1 aromatic carbocycles. The van der Waals surface area contributed by atoms with Crippen LogP contribution in [0.25, 0.3) is 10.9 Å². The zero-order valence-electron chi connectivity index (χ0n) is 7.37. The largest absolute Gasteiger partial charge is 0.464 e. The fraction of sp³-hybridized carbons (Fsp3) is 0.111. The Morgan fingerprint density at radius 1 is 1.57 bits per heavy atom. The van der Waals surface area contributed by atoms with E-state index in [2.05, 4.69) is 37.5 Å². The average molecular weight is 302 g/mol. The summed E-state index contributed by atoms with van der Waals surface area (Å²) in [6, 6.07) is 5.70. The van der Waals surface area contributed by atoms with Gasteiger partial charge >= 0.3 is 5.97 Å². The molecule has 0 amide bonds. The SMILES string of the molecule is COC(=O)c1n[nH]c2cccc(I)c12. The second-order valence-corrected chi connectivity index (χ2v) is 3.89. The maximum Gasteiger partial charge on any atom is 0.359 e. The fourth-order valence-corrected chi connectivity index (χ4v) is 2.03. The van der Waals surface area contributed by atoms with Gasteiger partial charge in [-0.2, -0.15) is 5.10 Å². The van der Waals surface area contributed by atoms with Gasteiger partial charge in [0, 0.05) is 8.96 Å². The molecule has 5 heteroatoms. The number of halogens is 1. The smallest absolute Gasteiger partial charge is 0.359 e. The van der Waals surface area contributed by atoms with Gasteiger partial charge in [0.15, 0.2) is 5.69 Å². The standard InChI is InChI=1S/C9H7IN2O2/c1-14-9(13)8-7-5(10)3-2-4-6(7)11-12-8/h2-4H,1H3,(H,11,12). The average Bonchev–Trinajstić information content (AvgIpc) is 2.62. The van der Waals surface area contributed by atoms with Crippen LogP contribution in [0.2, 0.25) is 0 Å². The number of nitrogens with zero attached hydrogens (tertiary/aromatic N) is 1. The van der Waals surface area contributed by atoms with Gasteiger partial charge in [0.25, 0.3) is 0 Å². The van der Waals surface area contributed by atoms with Crippen LogP contribution in [0.3, 0.4) is 0 Å². The van der Waals surface area contributed by atoms with E-state index in [0.29, 0.717) is 5.69 Å². The van der Waals surface area contributed by atoms with Crippen LogP contribution in [0.15, 0.2) is 18.2 Å². The van der Waals surface area contributed by atoms with E-state index in [-0.39, 0.29) is 0 Å². The minimum atomic E-state index is -0.416. The lowest BCUT2D eigenvalue weighted by atomic mass is 10.2. The third-order valence-corrected chi connectivity index (χ3v) is 2.82. The molecular formula is C9H7IN2O2. The summed E-state index contributed by atoms with van der Waals surface area (Å²) in [6.45, 7) is 0. The molecular weight excluding hydrogens is 295 g/mol. The van der Waals surface area contributed by atoms with Gasteiger partial charge < -0.3 is 4.74 Å². The lowest BCUT2D eigenvalue weighted by Gasteiger charge is -1.96. The van der Waals surface area contributed by atoms with Crippen molar-refractivity contribution in [2.75, 3.05) is 7.11 Å². The molecule has 0 saturated carbocycles. The van der Waals surface area contributed by atoms with Gasteiger partial charge in [0.1, 0.15) is 0 Å². The number of rotatable bonds is 1. The van der Waals surface area contributed by atoms with E-state index in [1.54, 1.807) is 0 Å². The Hall–Kier alpha value is -1.11. The number of hydrogen-bond acceptors (Lipinski definition) is 3. The molecule has 0 fully saturated rings. The van der Waals surface area contributed by atoms with Crippen LogP contribution in [0.5, 0.6) is 0 Å². The molecule has 0 atom stereocenters. The second-order valence-electron chi connectivity index (χ2n) is 2.73. The first kappa shape index (κ1) is 9.45. The molecule has 0 saturated heterocycles. The van der Waals surface area contributed by atoms with Crippen molar-refractivity contribution in [3.05, 3.63) is 27.5 Å². The molecule has 0 unspecified atom stereocenters. The number of H-pyrrole nitrogens is 1. The van der Waals surface area contributed by atoms with E-state index < -0.39 is 5.97 Å². The monoisotopic (exact) mass is 302 g/mol. The van der Waals surface area contributed by atoms with Gasteiger partial charge in [-0.25, -0.2) is 4.79 Å². The molecule has 0 radical (unpaired) electrons. The van der Waals surface area contributed by atoms with Crippen molar-refractivity contribution in [1.29, 1.82) is 0 Å². The van der Waals surface area contributed by atoms with Gasteiger partial charge in [0.2, 0.25) is 0 Å². The Morgan fingerprint density at radius 2 is 2.36 bits per heavy atom. The lowest BCUT2D eigenvalue weighted by molar-refractivity contribution is 0.0596. The first-order valence-corrected chi connectivity index (χ1v) is 5.03. The van der Waals surface area contributed by atoms with Crippen molar-refractivity contribution >= 4 is 39.5 Å². The summed E-state index contributed by atoms with van der Waals surface area (Å²) < 4.78 is 5.61. The maximum atomic E-state index is 11.3. The highest BCUT2D eigenvalue weighted by Crippen LogP contribution is 2.22. The highest BCUT2D eigenvalue weighted by molar-refractivity contribution is 14.1. The Labute approximate surface area is 93.8 Å². The van der Waals surface area contributed by atoms with E-state index >= 15 is 0 Å². The van der Waals surface area contributed by atoms with Crippen LogP contribution in [0.1, 0.15) is 10.5 Å². The van der Waals surface area contributed by atoms with Gasteiger partial charge in [-0.05, 0) is 34.7 Å². The highest BCUT2D eigenvalue weighted by atomic mass is 127. The molecule has 0 aliphatic heterocycles. The quantitative estimate of drug-likeness (QED) is 0.647. The van der Waals surface area contributed by atoms with Crippen LogP contribution in [-0.2, 0) is 4.74 Å². The minimum Gasteiger partial charge on any atom is -0.464 e. The number of nitrogens with one attached hydrogen (secondary N) is 1. The third kappa shape index (κ3) is 1.37. The van der Waals surface area contributed by atoms with E-state index in [1.807, 2.05) is 18.2 Å². The molecule has 2 rings (SSSR count). The summed E-state index contributed by atoms with van der Waals surface area (Å²) >= 11 is 2.16. The number of aromatic amines is 1. The van der Waals surface area contributed by atoms with Gasteiger partial charge in [-0.3, -0.25) is 5.10 Å². The third-order valence-electron chi connectivity index (χ3n) is 1.92. The molecule has 2 aromatic rings. The number of benzene rings is 1. The Kier molecular flexibility index (Phi) is 2.40. The maximum absolute atomic E-state index is 11.3. The molecule has 0 spiro atoms. The lowest BCUT2D eigenvalue weighted by Crippen LogP contribution is -2.02. The van der Waals surface area contributed by atoms with Crippen LogP contribution in [0.4, 0.5) is 0 Å². The van der Waals surface area contributed by atoms with Crippen molar-refractivity contribution in [2.45, 2.75) is 0 Å². The highest BCUT2D eigenvalue weighted by Gasteiger charge is 2.15. The van der Waals surface area contributed by atoms with E-state index in [4.69, 9.17) is 0 Å². The molecule has 1 heterocycles. The first-order valence-electron chi connectivity index (χ1n) is 3.95. The molecule has 0 aliphatic rings. The number of carbonyl (C=O) groups excluding carboxylic acids is 1. The van der Waals surface area contributed by atoms with Crippen LogP contribution in [-0.4, -0.2) is 23.3 Å². The molecule has 72 valence electrons. The molecule has 1 N–H and O–H groups in total. The Morgan fingerprint density at radius 3 is 3.07 bits per heavy atom. The van der Waals surface area contributed by atoms with Gasteiger partial charge in [0.05, 0.1) is 12.6 Å². The minimum absolute atomic E-state index is 0.340. The molecule has 0 bridgehead atoms. The number of carbonyl (C=O) groups is 1. The predicted octanol–water partition coefficient (Wildman–Crippen LogP) is 1.95. The van der Waals surface area contributed by atoms with Crippen LogP contribution >= 0.6 is 22.6 Å². The first-order chi connectivity index (χ1) is 6.74. The number of esters is 1. The zero-order chi connectivity index (χ0) is 10.1.